The van der Waals surface area contributed by atoms with Crippen molar-refractivity contribution < 1.29 is 24.1 Å². The Hall–Kier alpha value is -3.55. The van der Waals surface area contributed by atoms with E-state index in [0.29, 0.717) is 40.2 Å². The van der Waals surface area contributed by atoms with Crippen LogP contribution in [0.3, 0.4) is 0 Å². The Morgan fingerprint density at radius 2 is 1.96 bits per heavy atom. The lowest BCUT2D eigenvalue weighted by atomic mass is 10.1. The standard InChI is InChI=1S/C19H17N3O5/c1-11(2)19(24)25-6-5-12-3-4-13-14(7-12)21-22(20-13)15-8-17-18(9-16(15)23)27-10-26-17/h3-4,7-9,23H,1,5-6,10H2,2H3. The number of phenols is 1. The Labute approximate surface area is 154 Å². The number of nitrogens with zero attached hydrogens (tertiary/aromatic N) is 3. The first-order valence-electron chi connectivity index (χ1n) is 8.33. The quantitative estimate of drug-likeness (QED) is 0.547. The van der Waals surface area contributed by atoms with Gasteiger partial charge in [0.15, 0.2) is 11.5 Å². The molecule has 1 N–H and O–H groups in total. The predicted molar refractivity (Wildman–Crippen MR) is 96.1 cm³/mol. The molecule has 0 aliphatic carbocycles. The van der Waals surface area contributed by atoms with Gasteiger partial charge in [0.2, 0.25) is 6.79 Å². The first kappa shape index (κ1) is 16.9. The van der Waals surface area contributed by atoms with Crippen molar-refractivity contribution in [2.75, 3.05) is 13.4 Å². The maximum atomic E-state index is 11.4. The molecule has 2 heterocycles. The molecule has 1 aromatic heterocycles. The summed E-state index contributed by atoms with van der Waals surface area (Å²) in [6.45, 7) is 5.53. The summed E-state index contributed by atoms with van der Waals surface area (Å²) in [5, 5.41) is 19.1. The molecule has 0 unspecified atom stereocenters. The van der Waals surface area contributed by atoms with E-state index in [2.05, 4.69) is 16.8 Å². The summed E-state index contributed by atoms with van der Waals surface area (Å²) >= 11 is 0. The molecule has 8 nitrogen and oxygen atoms in total. The van der Waals surface area contributed by atoms with E-state index < -0.39 is 5.97 Å². The molecule has 0 amide bonds. The van der Waals surface area contributed by atoms with Crippen LogP contribution in [0.4, 0.5) is 0 Å². The number of benzene rings is 2. The molecule has 27 heavy (non-hydrogen) atoms. The molecule has 1 aliphatic heterocycles. The Kier molecular flexibility index (Phi) is 4.15. The van der Waals surface area contributed by atoms with Gasteiger partial charge in [-0.15, -0.1) is 15.0 Å². The average molecular weight is 367 g/mol. The van der Waals surface area contributed by atoms with Gasteiger partial charge < -0.3 is 19.3 Å². The zero-order valence-corrected chi connectivity index (χ0v) is 14.6. The number of aromatic nitrogens is 3. The smallest absolute Gasteiger partial charge is 0.333 e. The first-order valence-corrected chi connectivity index (χ1v) is 8.33. The Balaban J connectivity index is 1.56. The van der Waals surface area contributed by atoms with E-state index in [1.165, 1.54) is 10.9 Å². The van der Waals surface area contributed by atoms with Crippen molar-refractivity contribution in [3.8, 4) is 22.9 Å². The highest BCUT2D eigenvalue weighted by Crippen LogP contribution is 2.38. The van der Waals surface area contributed by atoms with Crippen molar-refractivity contribution in [2.24, 2.45) is 0 Å². The molecule has 0 radical (unpaired) electrons. The fourth-order valence-electron chi connectivity index (χ4n) is 2.69. The molecule has 2 aromatic carbocycles. The molecule has 138 valence electrons. The number of aromatic hydroxyl groups is 1. The first-order chi connectivity index (χ1) is 13.0. The average Bonchev–Trinajstić information content (AvgIpc) is 3.26. The van der Waals surface area contributed by atoms with Crippen LogP contribution < -0.4 is 9.47 Å². The number of phenolic OH excluding ortho intramolecular Hbond substituents is 1. The highest BCUT2D eigenvalue weighted by atomic mass is 16.7. The van der Waals surface area contributed by atoms with Gasteiger partial charge in [-0.3, -0.25) is 0 Å². The number of hydrogen-bond donors (Lipinski definition) is 1. The third-order valence-electron chi connectivity index (χ3n) is 4.10. The molecule has 8 heteroatoms. The monoisotopic (exact) mass is 367 g/mol. The summed E-state index contributed by atoms with van der Waals surface area (Å²) in [7, 11) is 0. The van der Waals surface area contributed by atoms with E-state index in [1.807, 2.05) is 18.2 Å². The van der Waals surface area contributed by atoms with Crippen molar-refractivity contribution in [1.82, 2.24) is 15.0 Å². The van der Waals surface area contributed by atoms with Crippen LogP contribution in [0.5, 0.6) is 17.2 Å². The van der Waals surface area contributed by atoms with Gasteiger partial charge >= 0.3 is 5.97 Å². The number of ether oxygens (including phenoxy) is 3. The maximum absolute atomic E-state index is 11.4. The van der Waals surface area contributed by atoms with E-state index in [9.17, 15) is 9.90 Å². The maximum Gasteiger partial charge on any atom is 0.333 e. The second kappa shape index (κ2) is 6.64. The van der Waals surface area contributed by atoms with Gasteiger partial charge in [-0.25, -0.2) is 4.79 Å². The molecule has 3 aromatic rings. The third-order valence-corrected chi connectivity index (χ3v) is 4.10. The molecule has 1 aliphatic rings. The Morgan fingerprint density at radius 3 is 2.74 bits per heavy atom. The van der Waals surface area contributed by atoms with Gasteiger partial charge in [0.25, 0.3) is 0 Å². The summed E-state index contributed by atoms with van der Waals surface area (Å²) in [6, 6.07) is 8.72. The van der Waals surface area contributed by atoms with Gasteiger partial charge in [0, 0.05) is 24.1 Å². The second-order valence-electron chi connectivity index (χ2n) is 6.17. The lowest BCUT2D eigenvalue weighted by Crippen LogP contribution is -2.07. The van der Waals surface area contributed by atoms with Gasteiger partial charge in [-0.1, -0.05) is 12.6 Å². The number of fused-ring (bicyclic) bond motifs is 2. The topological polar surface area (TPSA) is 95.7 Å². The highest BCUT2D eigenvalue weighted by Gasteiger charge is 2.19. The summed E-state index contributed by atoms with van der Waals surface area (Å²) < 4.78 is 15.7. The zero-order chi connectivity index (χ0) is 19.0. The van der Waals surface area contributed by atoms with Crippen molar-refractivity contribution in [3.05, 3.63) is 48.0 Å². The Bertz CT molecular complexity index is 1060. The predicted octanol–water partition coefficient (Wildman–Crippen LogP) is 2.52. The molecule has 0 atom stereocenters. The normalized spacial score (nSPS) is 12.3. The van der Waals surface area contributed by atoms with Crippen LogP contribution in [-0.4, -0.2) is 39.5 Å². The number of hydrogen-bond acceptors (Lipinski definition) is 7. The summed E-state index contributed by atoms with van der Waals surface area (Å²) in [5.74, 6) is 0.607. The number of carbonyl (C=O) groups is 1. The third kappa shape index (κ3) is 3.29. The highest BCUT2D eigenvalue weighted by molar-refractivity contribution is 5.86. The summed E-state index contributed by atoms with van der Waals surface area (Å²) in [5.41, 5.74) is 3.06. The van der Waals surface area contributed by atoms with Crippen molar-refractivity contribution in [3.63, 3.8) is 0 Å². The Morgan fingerprint density at radius 1 is 1.22 bits per heavy atom. The fraction of sp³-hybridized carbons (Fsp3) is 0.211. The summed E-state index contributed by atoms with van der Waals surface area (Å²) in [4.78, 5) is 12.8. The molecular formula is C19H17N3O5. The van der Waals surface area contributed by atoms with Gasteiger partial charge in [0.1, 0.15) is 22.5 Å². The van der Waals surface area contributed by atoms with Crippen LogP contribution in [0.25, 0.3) is 16.7 Å². The van der Waals surface area contributed by atoms with Crippen LogP contribution in [0.2, 0.25) is 0 Å². The van der Waals surface area contributed by atoms with Gasteiger partial charge in [-0.2, -0.15) is 0 Å². The van der Waals surface area contributed by atoms with Crippen LogP contribution in [0.15, 0.2) is 42.5 Å². The molecule has 0 bridgehead atoms. The second-order valence-corrected chi connectivity index (χ2v) is 6.17. The number of rotatable bonds is 5. The largest absolute Gasteiger partial charge is 0.505 e. The molecule has 0 fully saturated rings. The fourth-order valence-corrected chi connectivity index (χ4v) is 2.69. The lowest BCUT2D eigenvalue weighted by Gasteiger charge is -2.04. The van der Waals surface area contributed by atoms with Crippen molar-refractivity contribution in [2.45, 2.75) is 13.3 Å². The number of esters is 1. The number of carbonyl (C=O) groups excluding carboxylic acids is 1. The van der Waals surface area contributed by atoms with E-state index >= 15 is 0 Å². The molecular weight excluding hydrogens is 350 g/mol. The minimum atomic E-state index is -0.402. The SMILES string of the molecule is C=C(C)C(=O)OCCc1ccc2nn(-c3cc4c(cc3O)OCO4)nc2c1. The van der Waals surface area contributed by atoms with Crippen molar-refractivity contribution >= 4 is 17.0 Å². The molecule has 0 spiro atoms. The van der Waals surface area contributed by atoms with Crippen LogP contribution in [-0.2, 0) is 16.0 Å². The van der Waals surface area contributed by atoms with Crippen molar-refractivity contribution in [1.29, 1.82) is 0 Å². The van der Waals surface area contributed by atoms with Crippen LogP contribution in [0, 0.1) is 0 Å². The molecule has 0 saturated heterocycles. The van der Waals surface area contributed by atoms with E-state index in [0.717, 1.165) is 5.56 Å². The summed E-state index contributed by atoms with van der Waals surface area (Å²) in [6.07, 6.45) is 0.553. The lowest BCUT2D eigenvalue weighted by molar-refractivity contribution is -0.138. The van der Waals surface area contributed by atoms with Crippen LogP contribution in [0.1, 0.15) is 12.5 Å². The zero-order valence-electron chi connectivity index (χ0n) is 14.6. The molecule has 4 rings (SSSR count). The molecule has 0 saturated carbocycles. The van der Waals surface area contributed by atoms with Gasteiger partial charge in [-0.05, 0) is 24.6 Å². The minimum Gasteiger partial charge on any atom is -0.505 e. The van der Waals surface area contributed by atoms with E-state index in [4.69, 9.17) is 14.2 Å². The van der Waals surface area contributed by atoms with Gasteiger partial charge in [0.05, 0.1) is 6.61 Å². The van der Waals surface area contributed by atoms with E-state index in [1.54, 1.807) is 13.0 Å². The minimum absolute atomic E-state index is 0.00788. The van der Waals surface area contributed by atoms with E-state index in [-0.39, 0.29) is 19.1 Å². The van der Waals surface area contributed by atoms with Crippen LogP contribution >= 0.6 is 0 Å².